The molecule has 2 aromatic rings. The average molecular weight is 466 g/mol. The third kappa shape index (κ3) is 5.79. The summed E-state index contributed by atoms with van der Waals surface area (Å²) < 4.78 is 5.53. The third-order valence-corrected chi connectivity index (χ3v) is 6.04. The number of hydrogen-bond donors (Lipinski definition) is 2. The van der Waals surface area contributed by atoms with E-state index in [1.165, 1.54) is 5.56 Å². The predicted octanol–water partition coefficient (Wildman–Crippen LogP) is 4.84. The van der Waals surface area contributed by atoms with Gasteiger partial charge in [0.1, 0.15) is 0 Å². The van der Waals surface area contributed by atoms with Crippen LogP contribution in [-0.2, 0) is 16.0 Å². The van der Waals surface area contributed by atoms with E-state index in [9.17, 15) is 9.59 Å². The van der Waals surface area contributed by atoms with E-state index >= 15 is 0 Å². The van der Waals surface area contributed by atoms with Crippen molar-refractivity contribution >= 4 is 34.9 Å². The highest BCUT2D eigenvalue weighted by Crippen LogP contribution is 2.31. The summed E-state index contributed by atoms with van der Waals surface area (Å²) in [5, 5.41) is 6.69. The molecule has 6 nitrogen and oxygen atoms in total. The van der Waals surface area contributed by atoms with Gasteiger partial charge in [0.25, 0.3) is 5.91 Å². The number of amides is 1. The Morgan fingerprint density at radius 3 is 2.33 bits per heavy atom. The molecule has 0 aromatic heterocycles. The molecule has 1 atom stereocenters. The Kier molecular flexibility index (Phi) is 7.87. The van der Waals surface area contributed by atoms with Gasteiger partial charge in [0.05, 0.1) is 18.2 Å². The zero-order valence-electron chi connectivity index (χ0n) is 19.8. The summed E-state index contributed by atoms with van der Waals surface area (Å²) in [5.41, 5.74) is 4.60. The molecule has 0 saturated heterocycles. The minimum absolute atomic E-state index is 0.169. The molecule has 0 spiro atoms. The lowest BCUT2D eigenvalue weighted by Gasteiger charge is -2.35. The zero-order chi connectivity index (χ0) is 24.1. The van der Waals surface area contributed by atoms with Gasteiger partial charge in [0, 0.05) is 24.0 Å². The first kappa shape index (κ1) is 24.5. The summed E-state index contributed by atoms with van der Waals surface area (Å²) in [4.78, 5) is 27.3. The van der Waals surface area contributed by atoms with Crippen LogP contribution in [0.15, 0.2) is 59.8 Å². The lowest BCUT2D eigenvalue weighted by molar-refractivity contribution is -0.140. The van der Waals surface area contributed by atoms with Crippen LogP contribution in [-0.4, -0.2) is 35.5 Å². The lowest BCUT2D eigenvalue weighted by atomic mass is 9.95. The van der Waals surface area contributed by atoms with Crippen molar-refractivity contribution in [2.24, 2.45) is 5.92 Å². The molecule has 174 valence electrons. The molecule has 1 heterocycles. The van der Waals surface area contributed by atoms with Crippen LogP contribution in [0.1, 0.15) is 55.2 Å². The van der Waals surface area contributed by atoms with Crippen LogP contribution in [0, 0.1) is 5.92 Å². The molecular formula is C26H31N3O3S. The van der Waals surface area contributed by atoms with Gasteiger partial charge in [-0.15, -0.1) is 0 Å². The molecule has 0 aliphatic carbocycles. The van der Waals surface area contributed by atoms with Crippen molar-refractivity contribution < 1.29 is 14.3 Å². The van der Waals surface area contributed by atoms with Crippen molar-refractivity contribution in [1.29, 1.82) is 0 Å². The van der Waals surface area contributed by atoms with E-state index in [2.05, 4.69) is 17.6 Å². The van der Waals surface area contributed by atoms with Gasteiger partial charge in [-0.05, 0) is 66.9 Å². The minimum Gasteiger partial charge on any atom is -0.462 e. The van der Waals surface area contributed by atoms with Crippen molar-refractivity contribution in [3.63, 3.8) is 0 Å². The van der Waals surface area contributed by atoms with Gasteiger partial charge < -0.3 is 20.3 Å². The Morgan fingerprint density at radius 2 is 1.76 bits per heavy atom. The van der Waals surface area contributed by atoms with E-state index in [1.54, 1.807) is 4.90 Å². The van der Waals surface area contributed by atoms with Gasteiger partial charge in [-0.2, -0.15) is 0 Å². The number of thiocarbonyl (C=S) groups is 1. The number of benzene rings is 2. The summed E-state index contributed by atoms with van der Waals surface area (Å²) in [6.45, 7) is 8.29. The largest absolute Gasteiger partial charge is 0.462 e. The standard InChI is InChI=1S/C26H31N3O3S/c1-6-18-7-9-20(10-8-18)24(30)27-21-13-11-19(12-14-21)23-22(25(31)32-15-16(2)3)17(4)29(5)26(33)28-23/h7-14,16,23H,6,15H2,1-5H3,(H,27,30)(H,28,33)/t23-/m0/s1. The molecule has 0 saturated carbocycles. The summed E-state index contributed by atoms with van der Waals surface area (Å²) in [5.74, 6) is -0.289. The topological polar surface area (TPSA) is 70.7 Å². The number of allylic oxidation sites excluding steroid dienone is 1. The first-order valence-electron chi connectivity index (χ1n) is 11.1. The Hall–Kier alpha value is -3.19. The molecule has 0 unspecified atom stereocenters. The van der Waals surface area contributed by atoms with E-state index in [1.807, 2.05) is 76.3 Å². The van der Waals surface area contributed by atoms with Crippen LogP contribution in [0.3, 0.4) is 0 Å². The van der Waals surface area contributed by atoms with Crippen molar-refractivity contribution in [3.05, 3.63) is 76.5 Å². The van der Waals surface area contributed by atoms with Gasteiger partial charge in [0.15, 0.2) is 5.11 Å². The number of esters is 1. The fraction of sp³-hybridized carbons (Fsp3) is 0.346. The Morgan fingerprint density at radius 1 is 1.12 bits per heavy atom. The van der Waals surface area contributed by atoms with Crippen molar-refractivity contribution in [3.8, 4) is 0 Å². The monoisotopic (exact) mass is 465 g/mol. The number of hydrogen-bond acceptors (Lipinski definition) is 4. The first-order valence-corrected chi connectivity index (χ1v) is 11.5. The van der Waals surface area contributed by atoms with Crippen LogP contribution < -0.4 is 10.6 Å². The van der Waals surface area contributed by atoms with Gasteiger partial charge in [0.2, 0.25) is 0 Å². The third-order valence-electron chi connectivity index (χ3n) is 5.65. The molecule has 1 aliphatic rings. The van der Waals surface area contributed by atoms with Gasteiger partial charge in [-0.3, -0.25) is 4.79 Å². The van der Waals surface area contributed by atoms with E-state index in [0.29, 0.717) is 28.5 Å². The molecule has 33 heavy (non-hydrogen) atoms. The van der Waals surface area contributed by atoms with Crippen LogP contribution in [0.2, 0.25) is 0 Å². The number of aryl methyl sites for hydroxylation is 1. The van der Waals surface area contributed by atoms with Crippen molar-refractivity contribution in [1.82, 2.24) is 10.2 Å². The molecule has 7 heteroatoms. The second-order valence-corrected chi connectivity index (χ2v) is 8.95. The number of nitrogens with one attached hydrogen (secondary N) is 2. The smallest absolute Gasteiger partial charge is 0.338 e. The Labute approximate surface area is 201 Å². The second kappa shape index (κ2) is 10.6. The van der Waals surface area contributed by atoms with E-state index in [4.69, 9.17) is 17.0 Å². The normalized spacial score (nSPS) is 16.0. The maximum Gasteiger partial charge on any atom is 0.338 e. The molecule has 1 amide bonds. The minimum atomic E-state index is -0.431. The maximum absolute atomic E-state index is 12.9. The summed E-state index contributed by atoms with van der Waals surface area (Å²) >= 11 is 5.45. The Bertz CT molecular complexity index is 1060. The molecule has 2 aromatic carbocycles. The van der Waals surface area contributed by atoms with E-state index < -0.39 is 6.04 Å². The number of anilines is 1. The average Bonchev–Trinajstić information content (AvgIpc) is 2.81. The molecule has 1 aliphatic heterocycles. The van der Waals surface area contributed by atoms with Crippen molar-refractivity contribution in [2.75, 3.05) is 19.0 Å². The Balaban J connectivity index is 1.80. The van der Waals surface area contributed by atoms with Gasteiger partial charge in [-0.25, -0.2) is 4.79 Å². The first-order chi connectivity index (χ1) is 15.7. The SMILES string of the molecule is CCc1ccc(C(=O)Nc2ccc([C@@H]3NC(=S)N(C)C(C)=C3C(=O)OCC(C)C)cc2)cc1. The van der Waals surface area contributed by atoms with Crippen LogP contribution in [0.5, 0.6) is 0 Å². The predicted molar refractivity (Wildman–Crippen MR) is 135 cm³/mol. The molecular weight excluding hydrogens is 434 g/mol. The summed E-state index contributed by atoms with van der Waals surface area (Å²) in [6, 6.07) is 14.5. The zero-order valence-corrected chi connectivity index (χ0v) is 20.6. The van der Waals surface area contributed by atoms with Gasteiger partial charge >= 0.3 is 5.97 Å². The fourth-order valence-electron chi connectivity index (χ4n) is 3.52. The highest BCUT2D eigenvalue weighted by atomic mass is 32.1. The number of carbonyl (C=O) groups excluding carboxylic acids is 2. The molecule has 2 N–H and O–H groups in total. The number of rotatable bonds is 7. The van der Waals surface area contributed by atoms with Gasteiger partial charge in [-0.1, -0.05) is 45.0 Å². The molecule has 0 bridgehead atoms. The summed E-state index contributed by atoms with van der Waals surface area (Å²) in [6.07, 6.45) is 0.929. The summed E-state index contributed by atoms with van der Waals surface area (Å²) in [7, 11) is 1.82. The van der Waals surface area contributed by atoms with E-state index in [0.717, 1.165) is 17.7 Å². The van der Waals surface area contributed by atoms with E-state index in [-0.39, 0.29) is 17.8 Å². The molecule has 3 rings (SSSR count). The number of ether oxygens (including phenoxy) is 1. The quantitative estimate of drug-likeness (QED) is 0.451. The van der Waals surface area contributed by atoms with Crippen LogP contribution in [0.4, 0.5) is 5.69 Å². The molecule has 0 fully saturated rings. The fourth-order valence-corrected chi connectivity index (χ4v) is 3.78. The molecule has 0 radical (unpaired) electrons. The number of carbonyl (C=O) groups is 2. The maximum atomic E-state index is 12.9. The van der Waals surface area contributed by atoms with Crippen LogP contribution >= 0.6 is 12.2 Å². The second-order valence-electron chi connectivity index (χ2n) is 8.56. The lowest BCUT2D eigenvalue weighted by Crippen LogP contribution is -2.46. The highest BCUT2D eigenvalue weighted by molar-refractivity contribution is 7.80. The van der Waals surface area contributed by atoms with Crippen LogP contribution in [0.25, 0.3) is 0 Å². The highest BCUT2D eigenvalue weighted by Gasteiger charge is 2.33. The number of nitrogens with zero attached hydrogens (tertiary/aromatic N) is 1. The van der Waals surface area contributed by atoms with Crippen molar-refractivity contribution in [2.45, 2.75) is 40.2 Å².